The third-order valence-corrected chi connectivity index (χ3v) is 5.91. The molecule has 2 amide bonds. The van der Waals surface area contributed by atoms with Crippen molar-refractivity contribution in [2.24, 2.45) is 5.92 Å². The summed E-state index contributed by atoms with van der Waals surface area (Å²) < 4.78 is 1.34. The fraction of sp³-hybridized carbons (Fsp3) is 0.435. The molecule has 0 spiro atoms. The second-order valence-electron chi connectivity index (χ2n) is 8.28. The lowest BCUT2D eigenvalue weighted by Crippen LogP contribution is -2.50. The maximum Gasteiger partial charge on any atom is 0.263 e. The zero-order valence-electron chi connectivity index (χ0n) is 17.3. The van der Waals surface area contributed by atoms with Crippen molar-refractivity contribution in [1.29, 1.82) is 0 Å². The number of hydrogen-bond donors (Lipinski definition) is 1. The van der Waals surface area contributed by atoms with Gasteiger partial charge in [0.05, 0.1) is 6.04 Å². The van der Waals surface area contributed by atoms with E-state index in [1.165, 1.54) is 10.6 Å². The molecule has 1 atom stereocenters. The van der Waals surface area contributed by atoms with E-state index in [4.69, 9.17) is 0 Å². The molecule has 2 aromatic rings. The normalized spacial score (nSPS) is 19.5. The third-order valence-electron chi connectivity index (χ3n) is 5.91. The summed E-state index contributed by atoms with van der Waals surface area (Å²) in [6, 6.07) is 13.1. The minimum absolute atomic E-state index is 0.0572. The average molecular weight is 409 g/mol. The van der Waals surface area contributed by atoms with Crippen LogP contribution >= 0.6 is 0 Å². The molecule has 1 saturated heterocycles. The number of nitrogens with zero attached hydrogens (tertiary/aromatic N) is 3. The first kappa shape index (κ1) is 20.3. The molecule has 2 heterocycles. The van der Waals surface area contributed by atoms with Crippen LogP contribution in [0.2, 0.25) is 0 Å². The van der Waals surface area contributed by atoms with Crippen LogP contribution in [0.5, 0.6) is 0 Å². The van der Waals surface area contributed by atoms with Crippen molar-refractivity contribution in [1.82, 2.24) is 19.7 Å². The Labute approximate surface area is 176 Å². The van der Waals surface area contributed by atoms with Crippen LogP contribution in [-0.2, 0) is 11.3 Å². The molecular weight excluding hydrogens is 380 g/mol. The highest BCUT2D eigenvalue weighted by atomic mass is 16.2. The Morgan fingerprint density at radius 1 is 1.07 bits per heavy atom. The lowest BCUT2D eigenvalue weighted by molar-refractivity contribution is -0.136. The highest BCUT2D eigenvalue weighted by molar-refractivity contribution is 5.93. The molecule has 1 saturated carbocycles. The summed E-state index contributed by atoms with van der Waals surface area (Å²) in [6.45, 7) is 2.66. The number of likely N-dealkylation sites (N-methyl/N-ethyl adjacent to an activating group) is 1. The maximum atomic E-state index is 13.2. The summed E-state index contributed by atoms with van der Waals surface area (Å²) in [4.78, 5) is 42.4. The Morgan fingerprint density at radius 3 is 2.57 bits per heavy atom. The Morgan fingerprint density at radius 2 is 1.83 bits per heavy atom. The number of amides is 2. The number of aromatic nitrogens is 1. The number of nitrogens with one attached hydrogen (secondary N) is 1. The molecule has 4 rings (SSSR count). The molecule has 1 aromatic carbocycles. The van der Waals surface area contributed by atoms with Gasteiger partial charge in [-0.05, 0) is 43.5 Å². The van der Waals surface area contributed by atoms with E-state index in [-0.39, 0.29) is 30.0 Å². The quantitative estimate of drug-likeness (QED) is 0.786. The van der Waals surface area contributed by atoms with Gasteiger partial charge in [-0.2, -0.15) is 0 Å². The van der Waals surface area contributed by atoms with Crippen molar-refractivity contribution in [3.63, 3.8) is 0 Å². The third kappa shape index (κ3) is 4.62. The molecule has 7 heteroatoms. The van der Waals surface area contributed by atoms with Gasteiger partial charge in [0.2, 0.25) is 5.91 Å². The lowest BCUT2D eigenvalue weighted by atomic mass is 10.0. The molecule has 1 N–H and O–H groups in total. The van der Waals surface area contributed by atoms with Gasteiger partial charge in [0.15, 0.2) is 0 Å². The van der Waals surface area contributed by atoms with Crippen LogP contribution in [0.15, 0.2) is 53.5 Å². The lowest BCUT2D eigenvalue weighted by Gasteiger charge is -2.40. The number of rotatable bonds is 6. The Balaban J connectivity index is 1.50. The van der Waals surface area contributed by atoms with Gasteiger partial charge in [-0.15, -0.1) is 0 Å². The Kier molecular flexibility index (Phi) is 5.99. The minimum Gasteiger partial charge on any atom is -0.352 e. The van der Waals surface area contributed by atoms with Crippen LogP contribution in [0.4, 0.5) is 0 Å². The van der Waals surface area contributed by atoms with Crippen molar-refractivity contribution in [2.45, 2.75) is 25.4 Å². The van der Waals surface area contributed by atoms with E-state index < -0.39 is 5.56 Å². The summed E-state index contributed by atoms with van der Waals surface area (Å²) >= 11 is 0. The predicted octanol–water partition coefficient (Wildman–Crippen LogP) is 1.50. The molecule has 2 aliphatic rings. The first-order valence-electron chi connectivity index (χ1n) is 10.5. The molecule has 1 aromatic heterocycles. The van der Waals surface area contributed by atoms with Crippen molar-refractivity contribution in [3.05, 3.63) is 70.1 Å². The second-order valence-corrected chi connectivity index (χ2v) is 8.28. The van der Waals surface area contributed by atoms with Gasteiger partial charge in [-0.25, -0.2) is 0 Å². The van der Waals surface area contributed by atoms with E-state index in [0.29, 0.717) is 19.0 Å². The van der Waals surface area contributed by atoms with E-state index in [2.05, 4.69) is 10.2 Å². The summed E-state index contributed by atoms with van der Waals surface area (Å²) in [5.41, 5.74) is 0.742. The second kappa shape index (κ2) is 8.83. The van der Waals surface area contributed by atoms with Gasteiger partial charge in [0.25, 0.3) is 11.5 Å². The summed E-state index contributed by atoms with van der Waals surface area (Å²) in [5, 5.41) is 2.83. The van der Waals surface area contributed by atoms with Crippen LogP contribution in [0, 0.1) is 5.92 Å². The molecule has 7 nitrogen and oxygen atoms in total. The molecule has 1 aliphatic carbocycles. The first-order chi connectivity index (χ1) is 14.5. The molecular formula is C23H28N4O3. The van der Waals surface area contributed by atoms with Crippen LogP contribution < -0.4 is 10.9 Å². The van der Waals surface area contributed by atoms with E-state index in [1.807, 2.05) is 42.3 Å². The van der Waals surface area contributed by atoms with Crippen LogP contribution in [0.1, 0.15) is 34.8 Å². The summed E-state index contributed by atoms with van der Waals surface area (Å²) in [5.74, 6) is 0.0543. The van der Waals surface area contributed by atoms with E-state index in [9.17, 15) is 14.4 Å². The Hall–Kier alpha value is -2.93. The average Bonchev–Trinajstić information content (AvgIpc) is 3.58. The molecule has 0 bridgehead atoms. The highest BCUT2D eigenvalue weighted by Gasteiger charge is 2.30. The predicted molar refractivity (Wildman–Crippen MR) is 114 cm³/mol. The smallest absolute Gasteiger partial charge is 0.263 e. The van der Waals surface area contributed by atoms with Gasteiger partial charge in [0.1, 0.15) is 12.1 Å². The maximum absolute atomic E-state index is 13.2. The fourth-order valence-electron chi connectivity index (χ4n) is 3.90. The highest BCUT2D eigenvalue weighted by Crippen LogP contribution is 2.27. The van der Waals surface area contributed by atoms with E-state index >= 15 is 0 Å². The first-order valence-corrected chi connectivity index (χ1v) is 10.5. The molecule has 158 valence electrons. The standard InChI is InChI=1S/C23H28N4O3/c1-25-12-13-27(20(15-25)18-6-3-2-4-7-18)21(28)16-26-11-5-8-19(23(26)30)22(29)24-14-17-9-10-17/h2-8,11,17,20H,9-10,12-16H2,1H3,(H,24,29)/t20-/m0/s1. The number of benzene rings is 1. The van der Waals surface area contributed by atoms with Crippen LogP contribution in [-0.4, -0.2) is 59.4 Å². The van der Waals surface area contributed by atoms with Gasteiger partial charge in [-0.1, -0.05) is 30.3 Å². The summed E-state index contributed by atoms with van der Waals surface area (Å²) in [7, 11) is 2.05. The van der Waals surface area contributed by atoms with Crippen LogP contribution in [0.3, 0.4) is 0 Å². The largest absolute Gasteiger partial charge is 0.352 e. The van der Waals surface area contributed by atoms with Crippen molar-refractivity contribution in [3.8, 4) is 0 Å². The molecule has 0 unspecified atom stereocenters. The van der Waals surface area contributed by atoms with Crippen LogP contribution in [0.25, 0.3) is 0 Å². The van der Waals surface area contributed by atoms with Gasteiger partial charge < -0.3 is 19.7 Å². The topological polar surface area (TPSA) is 74.7 Å². The number of carbonyl (C=O) groups excluding carboxylic acids is 2. The number of pyridine rings is 1. The molecule has 1 aliphatic heterocycles. The number of piperazine rings is 1. The number of hydrogen-bond acceptors (Lipinski definition) is 4. The fourth-order valence-corrected chi connectivity index (χ4v) is 3.90. The number of carbonyl (C=O) groups is 2. The Bertz CT molecular complexity index is 968. The van der Waals surface area contributed by atoms with E-state index in [0.717, 1.165) is 31.5 Å². The van der Waals surface area contributed by atoms with Crippen molar-refractivity contribution >= 4 is 11.8 Å². The van der Waals surface area contributed by atoms with Gasteiger partial charge in [0, 0.05) is 32.4 Å². The zero-order chi connectivity index (χ0) is 21.1. The SMILES string of the molecule is CN1CCN(C(=O)Cn2cccc(C(=O)NCC3CC3)c2=O)[C@H](c2ccccc2)C1. The van der Waals surface area contributed by atoms with Crippen molar-refractivity contribution in [2.75, 3.05) is 33.2 Å². The molecule has 30 heavy (non-hydrogen) atoms. The minimum atomic E-state index is -0.426. The van der Waals surface area contributed by atoms with Gasteiger partial charge >= 0.3 is 0 Å². The van der Waals surface area contributed by atoms with Gasteiger partial charge in [-0.3, -0.25) is 14.4 Å². The van der Waals surface area contributed by atoms with E-state index in [1.54, 1.807) is 12.3 Å². The summed E-state index contributed by atoms with van der Waals surface area (Å²) in [6.07, 6.45) is 3.83. The molecule has 2 fully saturated rings. The monoisotopic (exact) mass is 408 g/mol. The van der Waals surface area contributed by atoms with Crippen molar-refractivity contribution < 1.29 is 9.59 Å². The molecule has 0 radical (unpaired) electrons. The zero-order valence-corrected chi connectivity index (χ0v) is 17.3.